The molecular formula is C15H14O5. The molecule has 1 atom stereocenters. The van der Waals surface area contributed by atoms with Crippen LogP contribution < -0.4 is 0 Å². The Morgan fingerprint density at radius 1 is 1.45 bits per heavy atom. The zero-order chi connectivity index (χ0) is 14.1. The summed E-state index contributed by atoms with van der Waals surface area (Å²) in [5.74, 6) is 0.458. The standard InChI is InChI=1S/C15H14O5/c1-2-18-15(17)13-8-9(11-4-3-7-19-11)14-10(16)5-6-12(14)20-13/h3-4,7-9H,2,5-6H2,1H3. The van der Waals surface area contributed by atoms with Crippen molar-refractivity contribution in [3.63, 3.8) is 0 Å². The first kappa shape index (κ1) is 12.7. The molecule has 1 aromatic rings. The summed E-state index contributed by atoms with van der Waals surface area (Å²) in [4.78, 5) is 23.8. The van der Waals surface area contributed by atoms with Crippen LogP contribution in [-0.2, 0) is 19.1 Å². The van der Waals surface area contributed by atoms with E-state index in [-0.39, 0.29) is 24.1 Å². The highest BCUT2D eigenvalue weighted by Gasteiger charge is 2.37. The molecule has 1 aliphatic heterocycles. The van der Waals surface area contributed by atoms with Crippen LogP contribution in [0.15, 0.2) is 46.0 Å². The van der Waals surface area contributed by atoms with E-state index >= 15 is 0 Å². The van der Waals surface area contributed by atoms with Gasteiger partial charge in [-0.05, 0) is 25.1 Å². The molecule has 1 aliphatic carbocycles. The van der Waals surface area contributed by atoms with Crippen molar-refractivity contribution in [3.05, 3.63) is 47.3 Å². The minimum absolute atomic E-state index is 0.0422. The van der Waals surface area contributed by atoms with Gasteiger partial charge in [0, 0.05) is 18.4 Å². The van der Waals surface area contributed by atoms with Crippen molar-refractivity contribution in [2.75, 3.05) is 6.61 Å². The van der Waals surface area contributed by atoms with E-state index in [1.165, 1.54) is 0 Å². The summed E-state index contributed by atoms with van der Waals surface area (Å²) < 4.78 is 15.9. The Morgan fingerprint density at radius 3 is 3.00 bits per heavy atom. The Morgan fingerprint density at radius 2 is 2.30 bits per heavy atom. The number of ether oxygens (including phenoxy) is 2. The molecule has 0 fully saturated rings. The fourth-order valence-electron chi connectivity index (χ4n) is 2.51. The largest absolute Gasteiger partial charge is 0.468 e. The fourth-order valence-corrected chi connectivity index (χ4v) is 2.51. The molecule has 5 heteroatoms. The number of rotatable bonds is 3. The summed E-state index contributed by atoms with van der Waals surface area (Å²) in [5.41, 5.74) is 0.591. The second-order valence-electron chi connectivity index (χ2n) is 4.61. The maximum Gasteiger partial charge on any atom is 0.373 e. The lowest BCUT2D eigenvalue weighted by Crippen LogP contribution is -2.18. The van der Waals surface area contributed by atoms with Gasteiger partial charge in [0.25, 0.3) is 0 Å². The molecule has 0 aromatic carbocycles. The smallest absolute Gasteiger partial charge is 0.373 e. The molecule has 1 aromatic heterocycles. The molecule has 0 spiro atoms. The van der Waals surface area contributed by atoms with Crippen LogP contribution >= 0.6 is 0 Å². The SMILES string of the molecule is CCOC(=O)C1=CC(c2ccco2)C2=C(CCC2=O)O1. The zero-order valence-corrected chi connectivity index (χ0v) is 11.0. The Labute approximate surface area is 115 Å². The summed E-state index contributed by atoms with van der Waals surface area (Å²) in [7, 11) is 0. The molecule has 2 aliphatic rings. The number of carbonyl (C=O) groups is 2. The van der Waals surface area contributed by atoms with Crippen LogP contribution in [0, 0.1) is 0 Å². The van der Waals surface area contributed by atoms with E-state index in [1.54, 1.807) is 31.4 Å². The molecule has 5 nitrogen and oxygen atoms in total. The van der Waals surface area contributed by atoms with Gasteiger partial charge in [-0.1, -0.05) is 0 Å². The number of carbonyl (C=O) groups excluding carboxylic acids is 2. The van der Waals surface area contributed by atoms with Crippen LogP contribution in [0.4, 0.5) is 0 Å². The summed E-state index contributed by atoms with van der Waals surface area (Å²) in [6.45, 7) is 2.00. The van der Waals surface area contributed by atoms with Crippen LogP contribution in [0.3, 0.4) is 0 Å². The summed E-state index contributed by atoms with van der Waals surface area (Å²) in [5, 5.41) is 0. The van der Waals surface area contributed by atoms with Gasteiger partial charge < -0.3 is 13.9 Å². The second kappa shape index (κ2) is 5.00. The van der Waals surface area contributed by atoms with E-state index in [2.05, 4.69) is 0 Å². The molecule has 0 saturated heterocycles. The predicted octanol–water partition coefficient (Wildman–Crippen LogP) is 2.46. The van der Waals surface area contributed by atoms with Crippen molar-refractivity contribution < 1.29 is 23.5 Å². The van der Waals surface area contributed by atoms with Crippen molar-refractivity contribution in [1.29, 1.82) is 0 Å². The number of ketones is 1. The van der Waals surface area contributed by atoms with Crippen LogP contribution in [0.2, 0.25) is 0 Å². The molecule has 0 radical (unpaired) electrons. The third kappa shape index (κ3) is 2.05. The molecule has 0 N–H and O–H groups in total. The van der Waals surface area contributed by atoms with Gasteiger partial charge in [-0.25, -0.2) is 4.79 Å². The minimum atomic E-state index is -0.519. The average molecular weight is 274 g/mol. The highest BCUT2D eigenvalue weighted by molar-refractivity contribution is 6.01. The number of furan rings is 1. The Bertz CT molecular complexity index is 606. The fraction of sp³-hybridized carbons (Fsp3) is 0.333. The van der Waals surface area contributed by atoms with Crippen LogP contribution in [0.25, 0.3) is 0 Å². The van der Waals surface area contributed by atoms with Gasteiger partial charge >= 0.3 is 5.97 Å². The molecule has 0 amide bonds. The molecule has 0 bridgehead atoms. The molecule has 2 heterocycles. The first-order chi connectivity index (χ1) is 9.70. The number of esters is 1. The van der Waals surface area contributed by atoms with E-state index in [0.29, 0.717) is 29.9 Å². The lowest BCUT2D eigenvalue weighted by atomic mass is 9.92. The first-order valence-electron chi connectivity index (χ1n) is 6.57. The molecule has 104 valence electrons. The monoisotopic (exact) mass is 274 g/mol. The van der Waals surface area contributed by atoms with Gasteiger partial charge in [-0.15, -0.1) is 0 Å². The summed E-state index contributed by atoms with van der Waals surface area (Å²) in [6.07, 6.45) is 4.06. The highest BCUT2D eigenvalue weighted by atomic mass is 16.6. The lowest BCUT2D eigenvalue weighted by molar-refractivity contribution is -0.142. The average Bonchev–Trinajstić information content (AvgIpc) is 3.08. The third-order valence-corrected chi connectivity index (χ3v) is 3.37. The van der Waals surface area contributed by atoms with Crippen LogP contribution in [0.5, 0.6) is 0 Å². The van der Waals surface area contributed by atoms with Crippen LogP contribution in [0.1, 0.15) is 31.4 Å². The highest BCUT2D eigenvalue weighted by Crippen LogP contribution is 2.41. The Kier molecular flexibility index (Phi) is 3.18. The zero-order valence-electron chi connectivity index (χ0n) is 11.0. The summed E-state index contributed by atoms with van der Waals surface area (Å²) >= 11 is 0. The lowest BCUT2D eigenvalue weighted by Gasteiger charge is -2.21. The molecule has 1 unspecified atom stereocenters. The van der Waals surface area contributed by atoms with Crippen molar-refractivity contribution in [2.45, 2.75) is 25.7 Å². The number of allylic oxidation sites excluding steroid dienone is 3. The minimum Gasteiger partial charge on any atom is -0.468 e. The summed E-state index contributed by atoms with van der Waals surface area (Å²) in [6, 6.07) is 3.54. The van der Waals surface area contributed by atoms with Crippen molar-refractivity contribution in [3.8, 4) is 0 Å². The number of hydrogen-bond donors (Lipinski definition) is 0. The van der Waals surface area contributed by atoms with E-state index in [4.69, 9.17) is 13.9 Å². The molecular weight excluding hydrogens is 260 g/mol. The van der Waals surface area contributed by atoms with E-state index < -0.39 is 5.97 Å². The third-order valence-electron chi connectivity index (χ3n) is 3.37. The topological polar surface area (TPSA) is 65.7 Å². The van der Waals surface area contributed by atoms with Gasteiger partial charge in [-0.3, -0.25) is 4.79 Å². The van der Waals surface area contributed by atoms with Crippen molar-refractivity contribution >= 4 is 11.8 Å². The van der Waals surface area contributed by atoms with E-state index in [1.807, 2.05) is 0 Å². The van der Waals surface area contributed by atoms with Gasteiger partial charge in [0.05, 0.1) is 18.8 Å². The number of Topliss-reactive ketones (excluding diaryl/α,β-unsaturated/α-hetero) is 1. The number of hydrogen-bond acceptors (Lipinski definition) is 5. The predicted molar refractivity (Wildman–Crippen MR) is 68.5 cm³/mol. The quantitative estimate of drug-likeness (QED) is 0.792. The van der Waals surface area contributed by atoms with Crippen LogP contribution in [-0.4, -0.2) is 18.4 Å². The Hall–Kier alpha value is -2.30. The van der Waals surface area contributed by atoms with Gasteiger partial charge in [0.2, 0.25) is 5.76 Å². The molecule has 20 heavy (non-hydrogen) atoms. The molecule has 0 saturated carbocycles. The van der Waals surface area contributed by atoms with Gasteiger partial charge in [0.1, 0.15) is 11.5 Å². The maximum atomic E-state index is 12.0. The first-order valence-corrected chi connectivity index (χ1v) is 6.57. The van der Waals surface area contributed by atoms with E-state index in [9.17, 15) is 9.59 Å². The van der Waals surface area contributed by atoms with Gasteiger partial charge in [-0.2, -0.15) is 0 Å². The van der Waals surface area contributed by atoms with Gasteiger partial charge in [0.15, 0.2) is 5.78 Å². The normalized spacial score (nSPS) is 21.4. The van der Waals surface area contributed by atoms with Crippen molar-refractivity contribution in [2.24, 2.45) is 0 Å². The van der Waals surface area contributed by atoms with E-state index in [0.717, 1.165) is 0 Å². The Balaban J connectivity index is 1.99. The maximum absolute atomic E-state index is 12.0. The van der Waals surface area contributed by atoms with Crippen molar-refractivity contribution in [1.82, 2.24) is 0 Å². The second-order valence-corrected chi connectivity index (χ2v) is 4.61. The molecule has 3 rings (SSSR count).